The van der Waals surface area contributed by atoms with Gasteiger partial charge in [-0.05, 0) is 0 Å². The summed E-state index contributed by atoms with van der Waals surface area (Å²) < 4.78 is 1.12. The van der Waals surface area contributed by atoms with Gasteiger partial charge in [-0.3, -0.25) is 0 Å². The normalized spacial score (nSPS) is 14.9. The SMILES string of the molecule is CC(C)c1cccc(C(C)C)c1N1CCN(c2c(C(C)C)cccc2C(C)C)[C]1=[Cu-2][Cl]. The molecule has 0 aromatic heterocycles. The van der Waals surface area contributed by atoms with Crippen molar-refractivity contribution < 1.29 is 13.6 Å². The monoisotopic (exact) mass is 488 g/mol. The molecule has 0 saturated carbocycles. The first-order valence-corrected chi connectivity index (χ1v) is 13.3. The molecule has 1 fully saturated rings. The fraction of sp³-hybridized carbons (Fsp3) is 0.519. The third-order valence-corrected chi connectivity index (χ3v) is 7.31. The molecule has 1 aliphatic heterocycles. The average Bonchev–Trinajstić information content (AvgIpc) is 3.15. The first-order valence-electron chi connectivity index (χ1n) is 11.6. The van der Waals surface area contributed by atoms with Crippen molar-refractivity contribution in [1.29, 1.82) is 0 Å². The second-order valence-corrected chi connectivity index (χ2v) is 10.9. The van der Waals surface area contributed by atoms with Crippen molar-refractivity contribution in [3.63, 3.8) is 0 Å². The van der Waals surface area contributed by atoms with E-state index in [2.05, 4.69) is 102 Å². The van der Waals surface area contributed by atoms with Crippen molar-refractivity contribution in [2.45, 2.75) is 79.1 Å². The summed E-state index contributed by atoms with van der Waals surface area (Å²) in [4.78, 5) is 4.94. The van der Waals surface area contributed by atoms with Crippen LogP contribution in [0.1, 0.15) is 101 Å². The van der Waals surface area contributed by atoms with Gasteiger partial charge in [-0.2, -0.15) is 0 Å². The van der Waals surface area contributed by atoms with Crippen LogP contribution in [0, 0.1) is 0 Å². The Morgan fingerprint density at radius 1 is 0.613 bits per heavy atom. The van der Waals surface area contributed by atoms with Crippen LogP contribution in [0.3, 0.4) is 0 Å². The first kappa shape index (κ1) is 24.4. The minimum atomic E-state index is 0.456. The quantitative estimate of drug-likeness (QED) is 0.382. The maximum atomic E-state index is 6.61. The third kappa shape index (κ3) is 4.75. The van der Waals surface area contributed by atoms with E-state index in [1.165, 1.54) is 47.2 Å². The van der Waals surface area contributed by atoms with Crippen molar-refractivity contribution in [1.82, 2.24) is 0 Å². The molecule has 2 aromatic rings. The van der Waals surface area contributed by atoms with E-state index in [9.17, 15) is 0 Å². The van der Waals surface area contributed by atoms with Gasteiger partial charge in [-0.1, -0.05) is 0 Å². The van der Waals surface area contributed by atoms with E-state index in [0.717, 1.165) is 17.8 Å². The maximum absolute atomic E-state index is 6.61. The van der Waals surface area contributed by atoms with Gasteiger partial charge in [0.2, 0.25) is 0 Å². The van der Waals surface area contributed by atoms with Crippen LogP contribution in [-0.4, -0.2) is 17.8 Å². The standard InChI is InChI=1S/C27H38N2.ClH.Cu/c1-18(2)22-11-9-12-23(19(3)4)26(22)28-15-16-29(17-28)27-24(20(5)6)13-10-14-25(27)21(7)8;;/h9-14,18-21H,15-16H2,1-8H3;1H;/q;;-1/p-1. The first-order chi connectivity index (χ1) is 14.7. The molecule has 0 radical (unpaired) electrons. The average molecular weight is 490 g/mol. The predicted octanol–water partition coefficient (Wildman–Crippen LogP) is 7.83. The molecule has 0 atom stereocenters. The van der Waals surface area contributed by atoms with Crippen LogP contribution in [0.25, 0.3) is 0 Å². The fourth-order valence-electron chi connectivity index (χ4n) is 4.61. The molecule has 1 heterocycles. The molecular weight excluding hydrogens is 451 g/mol. The third-order valence-electron chi connectivity index (χ3n) is 6.23. The number of anilines is 2. The zero-order chi connectivity index (χ0) is 22.9. The van der Waals surface area contributed by atoms with E-state index < -0.39 is 0 Å². The van der Waals surface area contributed by atoms with Crippen LogP contribution in [0.15, 0.2) is 36.4 Å². The van der Waals surface area contributed by atoms with E-state index in [1.54, 1.807) is 0 Å². The van der Waals surface area contributed by atoms with Crippen molar-refractivity contribution in [2.75, 3.05) is 22.9 Å². The summed E-state index contributed by atoms with van der Waals surface area (Å²) in [7, 11) is 6.61. The van der Waals surface area contributed by atoms with Gasteiger partial charge < -0.3 is 0 Å². The van der Waals surface area contributed by atoms with Crippen LogP contribution >= 0.6 is 10.1 Å². The number of nitrogens with zero attached hydrogens (tertiary/aromatic N) is 2. The summed E-state index contributed by atoms with van der Waals surface area (Å²) in [5, 5.41) is 0. The Balaban J connectivity index is 2.18. The second kappa shape index (κ2) is 10.1. The Kier molecular flexibility index (Phi) is 7.95. The Morgan fingerprint density at radius 2 is 0.903 bits per heavy atom. The number of halogens is 1. The summed E-state index contributed by atoms with van der Waals surface area (Å²) in [5.74, 6) is 1.82. The zero-order valence-corrected chi connectivity index (χ0v) is 22.0. The van der Waals surface area contributed by atoms with Crippen molar-refractivity contribution in [3.05, 3.63) is 58.7 Å². The van der Waals surface area contributed by atoms with Gasteiger partial charge >= 0.3 is 200 Å². The molecule has 0 N–H and O–H groups in total. The van der Waals surface area contributed by atoms with Crippen molar-refractivity contribution in [2.24, 2.45) is 0 Å². The molecule has 3 rings (SSSR count). The van der Waals surface area contributed by atoms with Gasteiger partial charge in [-0.15, -0.1) is 0 Å². The van der Waals surface area contributed by atoms with Crippen LogP contribution in [-0.2, 0) is 13.6 Å². The minimum absolute atomic E-state index is 0.456. The molecule has 0 unspecified atom stereocenters. The summed E-state index contributed by atoms with van der Waals surface area (Å²) in [5.41, 5.74) is 8.30. The van der Waals surface area contributed by atoms with Crippen molar-refractivity contribution in [3.8, 4) is 0 Å². The molecule has 31 heavy (non-hydrogen) atoms. The van der Waals surface area contributed by atoms with Crippen LogP contribution < -0.4 is 9.80 Å². The number of para-hydroxylation sites is 2. The molecule has 1 aliphatic rings. The molecule has 0 aliphatic carbocycles. The molecule has 0 amide bonds. The van der Waals surface area contributed by atoms with Crippen LogP contribution in [0.4, 0.5) is 11.4 Å². The van der Waals surface area contributed by atoms with E-state index in [0.29, 0.717) is 23.7 Å². The molecule has 1 saturated heterocycles. The second-order valence-electron chi connectivity index (χ2n) is 9.78. The van der Waals surface area contributed by atoms with Gasteiger partial charge in [0.25, 0.3) is 0 Å². The summed E-state index contributed by atoms with van der Waals surface area (Å²) in [6, 6.07) is 13.5. The molecule has 2 aromatic carbocycles. The Bertz CT molecular complexity index is 820. The van der Waals surface area contributed by atoms with E-state index in [-0.39, 0.29) is 0 Å². The summed E-state index contributed by atoms with van der Waals surface area (Å²) in [6.45, 7) is 20.2. The van der Waals surface area contributed by atoms with E-state index in [4.69, 9.17) is 10.1 Å². The molecular formula is C27H38ClCuN2-2. The summed E-state index contributed by atoms with van der Waals surface area (Å²) in [6.07, 6.45) is 0. The number of hydrogen-bond acceptors (Lipinski definition) is 2. The van der Waals surface area contributed by atoms with Crippen molar-refractivity contribution >= 4 is 26.1 Å². The Labute approximate surface area is 199 Å². The van der Waals surface area contributed by atoms with Gasteiger partial charge in [-0.25, -0.2) is 0 Å². The summed E-state index contributed by atoms with van der Waals surface area (Å²) >= 11 is 1.47. The zero-order valence-electron chi connectivity index (χ0n) is 20.3. The molecule has 0 spiro atoms. The van der Waals surface area contributed by atoms with Gasteiger partial charge in [0.05, 0.1) is 0 Å². The number of hydrogen-bond donors (Lipinski definition) is 0. The van der Waals surface area contributed by atoms with Crippen LogP contribution in [0.2, 0.25) is 0 Å². The fourth-order valence-corrected chi connectivity index (χ4v) is 5.73. The van der Waals surface area contributed by atoms with E-state index >= 15 is 0 Å². The molecule has 0 bridgehead atoms. The van der Waals surface area contributed by atoms with Crippen LogP contribution in [0.5, 0.6) is 0 Å². The van der Waals surface area contributed by atoms with Gasteiger partial charge in [0.15, 0.2) is 0 Å². The van der Waals surface area contributed by atoms with Gasteiger partial charge in [0, 0.05) is 0 Å². The number of rotatable bonds is 6. The topological polar surface area (TPSA) is 6.48 Å². The Hall–Kier alpha value is -1.28. The molecule has 4 heteroatoms. The predicted molar refractivity (Wildman–Crippen MR) is 135 cm³/mol. The number of benzene rings is 2. The van der Waals surface area contributed by atoms with E-state index in [1.807, 2.05) is 0 Å². The molecule has 176 valence electrons. The molecule has 2 nitrogen and oxygen atoms in total. The van der Waals surface area contributed by atoms with Gasteiger partial charge in [0.1, 0.15) is 0 Å². The Morgan fingerprint density at radius 3 is 1.13 bits per heavy atom.